The van der Waals surface area contributed by atoms with Crippen LogP contribution in [0.4, 0.5) is 14.6 Å². The molecule has 1 aromatic carbocycles. The molecule has 1 aliphatic heterocycles. The van der Waals surface area contributed by atoms with Crippen molar-refractivity contribution in [3.8, 4) is 5.69 Å². The van der Waals surface area contributed by atoms with Gasteiger partial charge in [-0.3, -0.25) is 9.36 Å². The first-order chi connectivity index (χ1) is 15.7. The summed E-state index contributed by atoms with van der Waals surface area (Å²) in [6.07, 6.45) is 5.20. The summed E-state index contributed by atoms with van der Waals surface area (Å²) in [5.74, 6) is -1.56. The highest BCUT2D eigenvalue weighted by Gasteiger charge is 2.40. The van der Waals surface area contributed by atoms with Crippen LogP contribution in [0.2, 0.25) is 0 Å². The van der Waals surface area contributed by atoms with E-state index in [-0.39, 0.29) is 28.7 Å². The van der Waals surface area contributed by atoms with E-state index in [2.05, 4.69) is 22.9 Å². The van der Waals surface area contributed by atoms with E-state index in [1.807, 2.05) is 6.08 Å². The summed E-state index contributed by atoms with van der Waals surface area (Å²) >= 11 is 0. The lowest BCUT2D eigenvalue weighted by Gasteiger charge is -2.30. The predicted molar refractivity (Wildman–Crippen MR) is 120 cm³/mol. The van der Waals surface area contributed by atoms with Crippen LogP contribution >= 0.6 is 0 Å². The maximum Gasteiger partial charge on any atom is 0.341 e. The maximum absolute atomic E-state index is 14.6. The lowest BCUT2D eigenvalue weighted by Crippen LogP contribution is -2.38. The Hall–Kier alpha value is -3.59. The number of anilines is 1. The third-order valence-corrected chi connectivity index (χ3v) is 6.78. The fourth-order valence-electron chi connectivity index (χ4n) is 4.98. The number of rotatable bonds is 3. The van der Waals surface area contributed by atoms with Crippen LogP contribution in [0.25, 0.3) is 16.7 Å². The van der Waals surface area contributed by atoms with E-state index in [9.17, 15) is 23.5 Å². The SMILES string of the molecule is CC1C=CC(N)C2CN(c3ccc4c(=O)c(C(=O)O)cn(-c5ccc(F)cc5F)c4n3)CC12. The summed E-state index contributed by atoms with van der Waals surface area (Å²) in [6.45, 7) is 3.56. The van der Waals surface area contributed by atoms with Crippen molar-refractivity contribution in [2.24, 2.45) is 23.5 Å². The summed E-state index contributed by atoms with van der Waals surface area (Å²) in [6, 6.07) is 6.07. The van der Waals surface area contributed by atoms with E-state index in [1.165, 1.54) is 16.7 Å². The van der Waals surface area contributed by atoms with Gasteiger partial charge in [0.2, 0.25) is 5.43 Å². The van der Waals surface area contributed by atoms with Gasteiger partial charge in [-0.25, -0.2) is 18.6 Å². The number of nitrogens with two attached hydrogens (primary N) is 1. The molecule has 33 heavy (non-hydrogen) atoms. The molecule has 3 N–H and O–H groups in total. The molecule has 1 fully saturated rings. The molecule has 170 valence electrons. The van der Waals surface area contributed by atoms with Crippen molar-refractivity contribution in [1.82, 2.24) is 9.55 Å². The van der Waals surface area contributed by atoms with Crippen molar-refractivity contribution in [3.05, 3.63) is 76.1 Å². The lowest BCUT2D eigenvalue weighted by molar-refractivity contribution is 0.0695. The Bertz CT molecular complexity index is 1350. The summed E-state index contributed by atoms with van der Waals surface area (Å²) in [4.78, 5) is 31.2. The van der Waals surface area contributed by atoms with Crippen LogP contribution in [0.1, 0.15) is 17.3 Å². The van der Waals surface area contributed by atoms with E-state index < -0.39 is 28.6 Å². The van der Waals surface area contributed by atoms with Crippen LogP contribution in [0, 0.1) is 29.4 Å². The van der Waals surface area contributed by atoms with Gasteiger partial charge >= 0.3 is 5.97 Å². The molecule has 3 heterocycles. The average Bonchev–Trinajstić information content (AvgIpc) is 3.24. The van der Waals surface area contributed by atoms with Crippen LogP contribution in [0.15, 0.2) is 53.5 Å². The Labute approximate surface area is 187 Å². The average molecular weight is 452 g/mol. The minimum atomic E-state index is -1.44. The smallest absolute Gasteiger partial charge is 0.341 e. The Morgan fingerprint density at radius 3 is 2.61 bits per heavy atom. The molecule has 2 aromatic heterocycles. The third kappa shape index (κ3) is 3.48. The number of pyridine rings is 2. The van der Waals surface area contributed by atoms with Gasteiger partial charge in [0, 0.05) is 37.3 Å². The van der Waals surface area contributed by atoms with Crippen LogP contribution in [-0.2, 0) is 0 Å². The minimum Gasteiger partial charge on any atom is -0.477 e. The number of carboxylic acids is 1. The van der Waals surface area contributed by atoms with E-state index >= 15 is 0 Å². The monoisotopic (exact) mass is 452 g/mol. The number of fused-ring (bicyclic) bond motifs is 2. The second-order valence-electron chi connectivity index (χ2n) is 8.74. The zero-order chi connectivity index (χ0) is 23.4. The normalized spacial score (nSPS) is 24.3. The maximum atomic E-state index is 14.6. The van der Waals surface area contributed by atoms with Crippen molar-refractivity contribution in [3.63, 3.8) is 0 Å². The number of carbonyl (C=O) groups is 1. The number of halogens is 2. The highest BCUT2D eigenvalue weighted by molar-refractivity contribution is 5.92. The second kappa shape index (κ2) is 7.77. The number of aromatic nitrogens is 2. The topological polar surface area (TPSA) is 101 Å². The van der Waals surface area contributed by atoms with Gasteiger partial charge in [0.15, 0.2) is 5.65 Å². The number of hydrogen-bond donors (Lipinski definition) is 2. The summed E-state index contributed by atoms with van der Waals surface area (Å²) in [5, 5.41) is 9.52. The van der Waals surface area contributed by atoms with E-state index in [0.717, 1.165) is 18.8 Å². The molecular formula is C24H22F2N4O3. The standard InChI is InChI=1S/C24H22F2N4O3/c1-12-2-5-19(27)16-10-29(9-15(12)16)21-7-4-14-22(31)17(24(32)33)11-30(23(14)28-21)20-6-3-13(25)8-18(20)26/h2-8,11-12,15-16,19H,9-10,27H2,1H3,(H,32,33). The fraction of sp³-hybridized carbons (Fsp3) is 0.292. The fourth-order valence-corrected chi connectivity index (χ4v) is 4.98. The first kappa shape index (κ1) is 21.3. The molecule has 9 heteroatoms. The molecule has 7 nitrogen and oxygen atoms in total. The molecule has 2 aliphatic rings. The Morgan fingerprint density at radius 1 is 1.15 bits per heavy atom. The highest BCUT2D eigenvalue weighted by Crippen LogP contribution is 2.38. The molecule has 1 saturated heterocycles. The quantitative estimate of drug-likeness (QED) is 0.593. The number of benzene rings is 1. The minimum absolute atomic E-state index is 0.0331. The first-order valence-electron chi connectivity index (χ1n) is 10.7. The van der Waals surface area contributed by atoms with E-state index in [4.69, 9.17) is 5.73 Å². The number of aromatic carboxylic acids is 1. The molecule has 5 rings (SSSR count). The molecule has 0 spiro atoms. The van der Waals surface area contributed by atoms with E-state index in [1.54, 1.807) is 6.07 Å². The van der Waals surface area contributed by atoms with Gasteiger partial charge < -0.3 is 15.7 Å². The first-order valence-corrected chi connectivity index (χ1v) is 10.7. The Balaban J connectivity index is 1.67. The van der Waals surface area contributed by atoms with Crippen molar-refractivity contribution >= 4 is 22.8 Å². The summed E-state index contributed by atoms with van der Waals surface area (Å²) in [7, 11) is 0. The summed E-state index contributed by atoms with van der Waals surface area (Å²) in [5.41, 5.74) is 5.04. The summed E-state index contributed by atoms with van der Waals surface area (Å²) < 4.78 is 29.3. The number of carboxylic acid groups (broad SMARTS) is 1. The van der Waals surface area contributed by atoms with Gasteiger partial charge in [-0.05, 0) is 36.1 Å². The van der Waals surface area contributed by atoms with Gasteiger partial charge in [0.1, 0.15) is 23.0 Å². The number of allylic oxidation sites excluding steroid dienone is 1. The van der Waals surface area contributed by atoms with Crippen molar-refractivity contribution in [1.29, 1.82) is 0 Å². The molecule has 0 amide bonds. The van der Waals surface area contributed by atoms with E-state index in [0.29, 0.717) is 30.3 Å². The Morgan fingerprint density at radius 2 is 1.91 bits per heavy atom. The second-order valence-corrected chi connectivity index (χ2v) is 8.74. The lowest BCUT2D eigenvalue weighted by atomic mass is 9.77. The molecule has 4 unspecified atom stereocenters. The highest BCUT2D eigenvalue weighted by atomic mass is 19.1. The molecule has 0 saturated carbocycles. The number of nitrogens with zero attached hydrogens (tertiary/aromatic N) is 3. The zero-order valence-electron chi connectivity index (χ0n) is 17.8. The zero-order valence-corrected chi connectivity index (χ0v) is 17.8. The van der Waals surface area contributed by atoms with Crippen molar-refractivity contribution in [2.75, 3.05) is 18.0 Å². The van der Waals surface area contributed by atoms with Gasteiger partial charge in [-0.1, -0.05) is 19.1 Å². The molecule has 3 aromatic rings. The van der Waals surface area contributed by atoms with Gasteiger partial charge in [-0.2, -0.15) is 0 Å². The van der Waals surface area contributed by atoms with Crippen LogP contribution in [0.3, 0.4) is 0 Å². The molecule has 1 aliphatic carbocycles. The molecule has 0 bridgehead atoms. The third-order valence-electron chi connectivity index (χ3n) is 6.78. The van der Waals surface area contributed by atoms with Crippen LogP contribution < -0.4 is 16.1 Å². The van der Waals surface area contributed by atoms with Crippen LogP contribution in [0.5, 0.6) is 0 Å². The molecule has 0 radical (unpaired) electrons. The van der Waals surface area contributed by atoms with Crippen molar-refractivity contribution in [2.45, 2.75) is 13.0 Å². The number of hydrogen-bond acceptors (Lipinski definition) is 5. The molecular weight excluding hydrogens is 430 g/mol. The van der Waals surface area contributed by atoms with Crippen molar-refractivity contribution < 1.29 is 18.7 Å². The van der Waals surface area contributed by atoms with Gasteiger partial charge in [-0.15, -0.1) is 0 Å². The predicted octanol–water partition coefficient (Wildman–Crippen LogP) is 2.95. The molecule has 4 atom stereocenters. The largest absolute Gasteiger partial charge is 0.477 e. The van der Waals surface area contributed by atoms with Gasteiger partial charge in [0.05, 0.1) is 11.1 Å². The van der Waals surface area contributed by atoms with Crippen LogP contribution in [-0.4, -0.2) is 39.8 Å². The van der Waals surface area contributed by atoms with Gasteiger partial charge in [0.25, 0.3) is 0 Å². The Kier molecular flexibility index (Phi) is 5.01.